The van der Waals surface area contributed by atoms with Crippen molar-refractivity contribution in [3.05, 3.63) is 65.2 Å². The maximum Gasteiger partial charge on any atom is 0.254 e. The first-order chi connectivity index (χ1) is 9.47. The van der Waals surface area contributed by atoms with Gasteiger partial charge in [0.2, 0.25) is 0 Å². The number of amides is 1. The molecule has 0 atom stereocenters. The maximum atomic E-state index is 13.5. The first-order valence-corrected chi connectivity index (χ1v) is 6.02. The number of rotatable bonds is 3. The van der Waals surface area contributed by atoms with Crippen molar-refractivity contribution in [1.82, 2.24) is 4.90 Å². The van der Waals surface area contributed by atoms with Crippen LogP contribution in [0, 0.1) is 11.6 Å². The summed E-state index contributed by atoms with van der Waals surface area (Å²) in [6.07, 6.45) is 0. The van der Waals surface area contributed by atoms with Gasteiger partial charge >= 0.3 is 0 Å². The molecule has 0 radical (unpaired) electrons. The molecule has 0 saturated carbocycles. The van der Waals surface area contributed by atoms with Gasteiger partial charge in [-0.1, -0.05) is 18.2 Å². The predicted octanol–water partition coefficient (Wildman–Crippen LogP) is 2.82. The number of hydrogen-bond donors (Lipinski definition) is 1. The number of benzene rings is 2. The molecular formula is C15H14F2N2O. The van der Waals surface area contributed by atoms with Gasteiger partial charge in [-0.25, -0.2) is 8.78 Å². The summed E-state index contributed by atoms with van der Waals surface area (Å²) in [4.78, 5) is 13.5. The number of carbonyl (C=O) groups excluding carboxylic acids is 1. The Balaban J connectivity index is 2.18. The van der Waals surface area contributed by atoms with E-state index >= 15 is 0 Å². The van der Waals surface area contributed by atoms with E-state index < -0.39 is 11.7 Å². The van der Waals surface area contributed by atoms with Crippen molar-refractivity contribution in [2.45, 2.75) is 6.54 Å². The largest absolute Gasteiger partial charge is 0.399 e. The zero-order chi connectivity index (χ0) is 14.7. The van der Waals surface area contributed by atoms with Crippen LogP contribution in [0.25, 0.3) is 0 Å². The Labute approximate surface area is 115 Å². The van der Waals surface area contributed by atoms with Crippen LogP contribution in [-0.4, -0.2) is 17.9 Å². The van der Waals surface area contributed by atoms with E-state index in [-0.39, 0.29) is 23.6 Å². The van der Waals surface area contributed by atoms with Gasteiger partial charge in [0.05, 0.1) is 0 Å². The lowest BCUT2D eigenvalue weighted by molar-refractivity contribution is 0.0783. The predicted molar refractivity (Wildman–Crippen MR) is 73.0 cm³/mol. The van der Waals surface area contributed by atoms with Crippen molar-refractivity contribution in [1.29, 1.82) is 0 Å². The molecule has 0 aliphatic rings. The molecule has 0 aliphatic heterocycles. The number of nitrogens with zero attached hydrogens (tertiary/aromatic N) is 1. The van der Waals surface area contributed by atoms with Gasteiger partial charge in [-0.2, -0.15) is 0 Å². The summed E-state index contributed by atoms with van der Waals surface area (Å²) in [5.74, 6) is -1.38. The van der Waals surface area contributed by atoms with Gasteiger partial charge in [-0.15, -0.1) is 0 Å². The number of anilines is 1. The highest BCUT2D eigenvalue weighted by Crippen LogP contribution is 2.15. The smallest absolute Gasteiger partial charge is 0.254 e. The summed E-state index contributed by atoms with van der Waals surface area (Å²) in [6, 6.07) is 9.82. The molecule has 0 saturated heterocycles. The van der Waals surface area contributed by atoms with Gasteiger partial charge in [0.15, 0.2) is 0 Å². The minimum absolute atomic E-state index is 0.0991. The molecule has 104 valence electrons. The minimum atomic E-state index is -0.576. The fourth-order valence-corrected chi connectivity index (χ4v) is 1.91. The van der Waals surface area contributed by atoms with Crippen LogP contribution in [0.2, 0.25) is 0 Å². The first-order valence-electron chi connectivity index (χ1n) is 6.02. The van der Waals surface area contributed by atoms with E-state index in [0.29, 0.717) is 5.56 Å². The second kappa shape index (κ2) is 5.69. The number of carbonyl (C=O) groups is 1. The fraction of sp³-hybridized carbons (Fsp3) is 0.133. The molecule has 0 spiro atoms. The highest BCUT2D eigenvalue weighted by molar-refractivity contribution is 5.94. The summed E-state index contributed by atoms with van der Waals surface area (Å²) in [6.45, 7) is 0.0991. The van der Waals surface area contributed by atoms with Crippen molar-refractivity contribution >= 4 is 11.6 Å². The summed E-state index contributed by atoms with van der Waals surface area (Å²) >= 11 is 0. The number of nitrogens with two attached hydrogens (primary N) is 1. The van der Waals surface area contributed by atoms with Gasteiger partial charge in [-0.05, 0) is 24.3 Å². The van der Waals surface area contributed by atoms with Gasteiger partial charge in [-0.3, -0.25) is 4.79 Å². The Kier molecular flexibility index (Phi) is 3.98. The molecular weight excluding hydrogens is 262 g/mol. The Hall–Kier alpha value is -2.43. The lowest BCUT2D eigenvalue weighted by atomic mass is 10.1. The van der Waals surface area contributed by atoms with Crippen molar-refractivity contribution in [3.63, 3.8) is 0 Å². The molecule has 2 aromatic rings. The van der Waals surface area contributed by atoms with E-state index in [1.165, 1.54) is 24.1 Å². The fourth-order valence-electron chi connectivity index (χ4n) is 1.91. The van der Waals surface area contributed by atoms with Gasteiger partial charge in [0.1, 0.15) is 11.6 Å². The maximum absolute atomic E-state index is 13.5. The summed E-state index contributed by atoms with van der Waals surface area (Å²) in [5, 5.41) is 0. The standard InChI is InChI=1S/C15H14F2N2O/c1-19(9-10-4-2-3-5-14(10)17)15(20)11-6-12(16)8-13(18)7-11/h2-8H,9,18H2,1H3. The van der Waals surface area contributed by atoms with Crippen molar-refractivity contribution in [3.8, 4) is 0 Å². The molecule has 0 bridgehead atoms. The molecule has 20 heavy (non-hydrogen) atoms. The number of halogens is 2. The van der Waals surface area contributed by atoms with E-state index in [2.05, 4.69) is 0 Å². The molecule has 2 aromatic carbocycles. The Morgan fingerprint density at radius 3 is 2.55 bits per heavy atom. The van der Waals surface area contributed by atoms with Crippen LogP contribution in [0.1, 0.15) is 15.9 Å². The van der Waals surface area contributed by atoms with Crippen molar-refractivity contribution in [2.24, 2.45) is 0 Å². The summed E-state index contributed by atoms with van der Waals surface area (Å²) < 4.78 is 26.8. The van der Waals surface area contributed by atoms with Crippen molar-refractivity contribution in [2.75, 3.05) is 12.8 Å². The highest BCUT2D eigenvalue weighted by Gasteiger charge is 2.15. The Morgan fingerprint density at radius 1 is 1.20 bits per heavy atom. The normalized spacial score (nSPS) is 10.3. The SMILES string of the molecule is CN(Cc1ccccc1F)C(=O)c1cc(N)cc(F)c1. The molecule has 2 rings (SSSR count). The highest BCUT2D eigenvalue weighted by atomic mass is 19.1. The monoisotopic (exact) mass is 276 g/mol. The lowest BCUT2D eigenvalue weighted by Gasteiger charge is -2.18. The third-order valence-electron chi connectivity index (χ3n) is 2.88. The van der Waals surface area contributed by atoms with Crippen LogP contribution in [-0.2, 0) is 6.54 Å². The third kappa shape index (κ3) is 3.12. The molecule has 0 unspecified atom stereocenters. The minimum Gasteiger partial charge on any atom is -0.399 e. The Morgan fingerprint density at radius 2 is 1.90 bits per heavy atom. The molecule has 0 aliphatic carbocycles. The average molecular weight is 276 g/mol. The zero-order valence-corrected chi connectivity index (χ0v) is 10.9. The van der Waals surface area contributed by atoms with E-state index in [0.717, 1.165) is 12.1 Å². The quantitative estimate of drug-likeness (QED) is 0.876. The van der Waals surface area contributed by atoms with Crippen molar-refractivity contribution < 1.29 is 13.6 Å². The lowest BCUT2D eigenvalue weighted by Crippen LogP contribution is -2.26. The van der Waals surface area contributed by atoms with Gasteiger partial charge in [0.25, 0.3) is 5.91 Å². The van der Waals surface area contributed by atoms with Crippen LogP contribution in [0.15, 0.2) is 42.5 Å². The van der Waals surface area contributed by atoms with Crippen LogP contribution >= 0.6 is 0 Å². The number of hydrogen-bond acceptors (Lipinski definition) is 2. The van der Waals surface area contributed by atoms with Gasteiger partial charge in [0, 0.05) is 30.4 Å². The molecule has 0 fully saturated rings. The van der Waals surface area contributed by atoms with E-state index in [1.807, 2.05) is 0 Å². The molecule has 1 amide bonds. The average Bonchev–Trinajstić information content (AvgIpc) is 2.39. The van der Waals surface area contributed by atoms with Gasteiger partial charge < -0.3 is 10.6 Å². The van der Waals surface area contributed by atoms with E-state index in [1.54, 1.807) is 18.2 Å². The Bertz CT molecular complexity index is 623. The molecule has 3 nitrogen and oxygen atoms in total. The van der Waals surface area contributed by atoms with E-state index in [9.17, 15) is 13.6 Å². The number of nitrogen functional groups attached to an aromatic ring is 1. The molecule has 5 heteroatoms. The summed E-state index contributed by atoms with van der Waals surface area (Å²) in [5.41, 5.74) is 6.21. The van der Waals surface area contributed by atoms with E-state index in [4.69, 9.17) is 5.73 Å². The van der Waals surface area contributed by atoms with Crippen LogP contribution in [0.5, 0.6) is 0 Å². The third-order valence-corrected chi connectivity index (χ3v) is 2.88. The zero-order valence-electron chi connectivity index (χ0n) is 10.9. The second-order valence-corrected chi connectivity index (χ2v) is 4.53. The molecule has 0 heterocycles. The first kappa shape index (κ1) is 14.0. The second-order valence-electron chi connectivity index (χ2n) is 4.53. The summed E-state index contributed by atoms with van der Waals surface area (Å²) in [7, 11) is 1.52. The topological polar surface area (TPSA) is 46.3 Å². The van der Waals surface area contributed by atoms with Crippen LogP contribution in [0.4, 0.5) is 14.5 Å². The van der Waals surface area contributed by atoms with Crippen LogP contribution < -0.4 is 5.73 Å². The molecule has 2 N–H and O–H groups in total. The molecule has 0 aromatic heterocycles. The van der Waals surface area contributed by atoms with Crippen LogP contribution in [0.3, 0.4) is 0 Å².